The molecule has 0 rings (SSSR count). The Hall–Kier alpha value is -1.51. The Kier molecular flexibility index (Phi) is 33.6. The van der Waals surface area contributed by atoms with Crippen molar-refractivity contribution in [3.63, 3.8) is 0 Å². The summed E-state index contributed by atoms with van der Waals surface area (Å²) in [5, 5.41) is 4.56. The summed E-state index contributed by atoms with van der Waals surface area (Å²) in [7, 11) is 1.01. The molecule has 0 aliphatic rings. The van der Waals surface area contributed by atoms with E-state index in [4.69, 9.17) is 15.4 Å². The Morgan fingerprint density at radius 3 is 1.41 bits per heavy atom. The van der Waals surface area contributed by atoms with Crippen molar-refractivity contribution >= 4 is 19.5 Å². The van der Waals surface area contributed by atoms with Crippen LogP contribution in [0.1, 0.15) is 194 Å². The van der Waals surface area contributed by atoms with E-state index in [2.05, 4.69) is 43.3 Å². The lowest BCUT2D eigenvalue weighted by atomic mass is 10.1. The van der Waals surface area contributed by atoms with Crippen LogP contribution >= 0.6 is 7.60 Å². The van der Waals surface area contributed by atoms with Gasteiger partial charge in [0.15, 0.2) is 6.10 Å². The number of allylic oxidation sites excluding steroid dienone is 4. The monoisotopic (exact) mass is 788 g/mol. The van der Waals surface area contributed by atoms with Gasteiger partial charge in [0.2, 0.25) is 7.28 Å². The van der Waals surface area contributed by atoms with Crippen molar-refractivity contribution < 1.29 is 42.6 Å². The Morgan fingerprint density at radius 1 is 0.611 bits per heavy atom. The topological polar surface area (TPSA) is 119 Å². The van der Waals surface area contributed by atoms with Gasteiger partial charge in [0.05, 0.1) is 27.7 Å². The van der Waals surface area contributed by atoms with Crippen molar-refractivity contribution in [2.75, 3.05) is 40.9 Å². The number of hydrogen-bond acceptors (Lipinski definition) is 7. The second kappa shape index (κ2) is 35.9. The van der Waals surface area contributed by atoms with Crippen LogP contribution in [0.2, 0.25) is 0 Å². The number of aliphatic hydroxyl groups excluding tert-OH is 1. The van der Waals surface area contributed by atoms with E-state index in [9.17, 15) is 19.0 Å². The predicted octanol–water partition coefficient (Wildman–Crippen LogP) is 11.7. The van der Waals surface area contributed by atoms with Crippen LogP contribution in [0, 0.1) is 0 Å². The second-order valence-electron chi connectivity index (χ2n) is 16.3. The number of unbranched alkanes of at least 4 members (excludes halogenated alkanes) is 22. The van der Waals surface area contributed by atoms with Crippen LogP contribution in [0.25, 0.3) is 0 Å². The molecule has 0 aliphatic carbocycles. The third kappa shape index (κ3) is 36.1. The van der Waals surface area contributed by atoms with Gasteiger partial charge in [-0.1, -0.05) is 141 Å². The fraction of sp³-hybridized carbons (Fsp3) is 0.864. The van der Waals surface area contributed by atoms with E-state index in [1.54, 1.807) is 21.1 Å². The average Bonchev–Trinajstić information content (AvgIpc) is 3.14. The molecular formula is C44H85NO8P+. The molecule has 0 aliphatic heterocycles. The number of carbonyl (C=O) groups is 2. The summed E-state index contributed by atoms with van der Waals surface area (Å²) in [6.45, 7) is 3.82. The Bertz CT molecular complexity index is 1020. The summed E-state index contributed by atoms with van der Waals surface area (Å²) in [6.07, 6.45) is 38.9. The number of rotatable bonds is 40. The molecule has 0 heterocycles. The first kappa shape index (κ1) is 50.5. The van der Waals surface area contributed by atoms with E-state index in [0.29, 0.717) is 12.8 Å². The Labute approximate surface area is 333 Å². The SMILES string of the molecule is [2H]OC(C[N+](C)(C)C)P(=O)(O)OC[C@@H](COC(=O)CCCCCCC/C=C\CCCCCCCC)OC(=O)CCCCCCC/C=C\CCCCCCCC. The van der Waals surface area contributed by atoms with Gasteiger partial charge in [0.25, 0.3) is 0 Å². The lowest BCUT2D eigenvalue weighted by Crippen LogP contribution is -2.41. The summed E-state index contributed by atoms with van der Waals surface area (Å²) < 4.78 is 36.9. The number of quaternary nitrogens is 1. The predicted molar refractivity (Wildman–Crippen MR) is 224 cm³/mol. The minimum absolute atomic E-state index is 0.0577. The standard InChI is InChI=1S/C44H84NO8P/c1-6-8-10-12-14-16-18-20-22-24-26-28-30-32-34-36-42(46)51-39-41(40-52-54(49,50)44(48)38-45(3,4)5)53-43(47)37-35-33-31-29-27-25-23-21-19-17-15-13-11-9-7-2/h20-23,41,44,48H,6-19,24-40H2,1-5H3/p+1/b22-20-,23-21-/t41-,44?/m1/s1/i48D. The molecule has 0 aromatic rings. The number of esters is 2. The summed E-state index contributed by atoms with van der Waals surface area (Å²) in [4.78, 5) is 35.9. The quantitative estimate of drug-likeness (QED) is 0.0207. The maximum atomic E-state index is 13.0. The first-order chi connectivity index (χ1) is 26.4. The Balaban J connectivity index is 4.53. The molecule has 2 unspecified atom stereocenters. The van der Waals surface area contributed by atoms with E-state index >= 15 is 0 Å². The molecule has 0 amide bonds. The molecule has 318 valence electrons. The maximum absolute atomic E-state index is 13.0. The highest BCUT2D eigenvalue weighted by atomic mass is 31.2. The van der Waals surface area contributed by atoms with Crippen molar-refractivity contribution in [3.8, 4) is 0 Å². The second-order valence-corrected chi connectivity index (χ2v) is 18.2. The molecular weight excluding hydrogens is 701 g/mol. The van der Waals surface area contributed by atoms with Gasteiger partial charge in [0.1, 0.15) is 13.2 Å². The first-order valence-electron chi connectivity index (χ1n) is 22.4. The molecule has 2 N–H and O–H groups in total. The van der Waals surface area contributed by atoms with E-state index in [1.807, 2.05) is 0 Å². The van der Waals surface area contributed by atoms with E-state index in [1.165, 1.54) is 89.9 Å². The van der Waals surface area contributed by atoms with Crippen molar-refractivity contribution in [3.05, 3.63) is 24.3 Å². The molecule has 9 nitrogen and oxygen atoms in total. The van der Waals surface area contributed by atoms with Crippen LogP contribution in [0.5, 0.6) is 0 Å². The van der Waals surface area contributed by atoms with Crippen LogP contribution in [-0.2, 0) is 28.2 Å². The number of nitrogens with zero attached hydrogens (tertiary/aromatic N) is 1. The average molecular weight is 788 g/mol. The fourth-order valence-corrected chi connectivity index (χ4v) is 7.39. The van der Waals surface area contributed by atoms with Gasteiger partial charge in [-0.3, -0.25) is 14.2 Å². The highest BCUT2D eigenvalue weighted by molar-refractivity contribution is 7.53. The smallest absolute Gasteiger partial charge is 0.362 e. The van der Waals surface area contributed by atoms with Crippen LogP contribution in [0.4, 0.5) is 0 Å². The lowest BCUT2D eigenvalue weighted by molar-refractivity contribution is -0.872. The van der Waals surface area contributed by atoms with Crippen molar-refractivity contribution in [1.82, 2.24) is 0 Å². The third-order valence-corrected chi connectivity index (χ3v) is 10.9. The van der Waals surface area contributed by atoms with Gasteiger partial charge in [-0.2, -0.15) is 0 Å². The van der Waals surface area contributed by atoms with Crippen molar-refractivity contribution in [2.24, 2.45) is 0 Å². The molecule has 0 radical (unpaired) electrons. The lowest BCUT2D eigenvalue weighted by Gasteiger charge is -2.28. The van der Waals surface area contributed by atoms with Gasteiger partial charge >= 0.3 is 19.5 Å². The Morgan fingerprint density at radius 2 is 1.00 bits per heavy atom. The number of hydrogen-bond donors (Lipinski definition) is 2. The van der Waals surface area contributed by atoms with Crippen LogP contribution < -0.4 is 0 Å². The molecule has 0 saturated carbocycles. The van der Waals surface area contributed by atoms with E-state index < -0.39 is 38.1 Å². The molecule has 54 heavy (non-hydrogen) atoms. The number of carbonyl (C=O) groups excluding carboxylic acids is 2. The number of aliphatic hydroxyl groups is 1. The van der Waals surface area contributed by atoms with E-state index in [-0.39, 0.29) is 30.5 Å². The van der Waals surface area contributed by atoms with E-state index in [0.717, 1.165) is 64.2 Å². The summed E-state index contributed by atoms with van der Waals surface area (Å²) in [5.41, 5.74) is 0. The molecule has 0 fully saturated rings. The fourth-order valence-electron chi connectivity index (χ4n) is 6.14. The summed E-state index contributed by atoms with van der Waals surface area (Å²) >= 11 is 0. The molecule has 0 bridgehead atoms. The normalized spacial score (nSPS) is 14.7. The number of likely N-dealkylation sites (N-methyl/N-ethyl adjacent to an activating group) is 1. The molecule has 3 atom stereocenters. The zero-order valence-corrected chi connectivity index (χ0v) is 36.5. The van der Waals surface area contributed by atoms with Gasteiger partial charge in [0, 0.05) is 12.8 Å². The maximum Gasteiger partial charge on any atom is 0.362 e. The highest BCUT2D eigenvalue weighted by Crippen LogP contribution is 2.47. The van der Waals surface area contributed by atoms with Gasteiger partial charge in [-0.25, -0.2) is 0 Å². The molecule has 0 spiro atoms. The third-order valence-electron chi connectivity index (χ3n) is 9.53. The van der Waals surface area contributed by atoms with Crippen LogP contribution in [0.3, 0.4) is 0 Å². The zero-order valence-electron chi connectivity index (χ0n) is 36.6. The molecule has 10 heteroatoms. The number of ether oxygens (including phenoxy) is 2. The largest absolute Gasteiger partial charge is 0.462 e. The van der Waals surface area contributed by atoms with Crippen LogP contribution in [0.15, 0.2) is 24.3 Å². The first-order valence-corrected chi connectivity index (χ1v) is 23.6. The van der Waals surface area contributed by atoms with Crippen molar-refractivity contribution in [1.29, 1.82) is 1.43 Å². The summed E-state index contributed by atoms with van der Waals surface area (Å²) in [6, 6.07) is 0. The zero-order chi connectivity index (χ0) is 40.9. The molecule has 0 saturated heterocycles. The highest BCUT2D eigenvalue weighted by Gasteiger charge is 2.36. The van der Waals surface area contributed by atoms with Crippen molar-refractivity contribution in [2.45, 2.75) is 206 Å². The molecule has 0 aromatic carbocycles. The minimum atomic E-state index is -4.41. The summed E-state index contributed by atoms with van der Waals surface area (Å²) in [5.74, 6) is -2.25. The molecule has 0 aromatic heterocycles. The van der Waals surface area contributed by atoms with Gasteiger partial charge in [-0.15, -0.1) is 0 Å². The van der Waals surface area contributed by atoms with Gasteiger partial charge in [-0.05, 0) is 64.2 Å². The van der Waals surface area contributed by atoms with Crippen LogP contribution in [-0.4, -0.2) is 80.7 Å². The minimum Gasteiger partial charge on any atom is -0.462 e. The van der Waals surface area contributed by atoms with Gasteiger partial charge < -0.3 is 28.5 Å².